The van der Waals surface area contributed by atoms with Crippen molar-refractivity contribution in [3.63, 3.8) is 0 Å². The van der Waals surface area contributed by atoms with Crippen LogP contribution < -0.4 is 15.7 Å². The Morgan fingerprint density at radius 1 is 1.38 bits per heavy atom. The number of H-pyrrole nitrogens is 1. The molecule has 1 heterocycles. The Balaban J connectivity index is 1.87. The van der Waals surface area contributed by atoms with Crippen LogP contribution in [-0.4, -0.2) is 22.3 Å². The van der Waals surface area contributed by atoms with Gasteiger partial charge < -0.3 is 4.74 Å². The Bertz CT molecular complexity index is 757. The lowest BCUT2D eigenvalue weighted by atomic mass is 10.1. The fourth-order valence-electron chi connectivity index (χ4n) is 2.00. The van der Waals surface area contributed by atoms with Gasteiger partial charge in [0.25, 0.3) is 5.56 Å². The minimum atomic E-state index is -2.82. The van der Waals surface area contributed by atoms with Crippen molar-refractivity contribution in [3.8, 4) is 5.75 Å². The highest BCUT2D eigenvalue weighted by Gasteiger charge is 2.04. The van der Waals surface area contributed by atoms with Crippen molar-refractivity contribution in [2.75, 3.05) is 5.43 Å². The minimum Gasteiger partial charge on any atom is -0.435 e. The van der Waals surface area contributed by atoms with E-state index in [4.69, 9.17) is 0 Å². The molecule has 0 atom stereocenters. The monoisotopic (exact) mass is 336 g/mol. The van der Waals surface area contributed by atoms with Gasteiger partial charge in [-0.3, -0.25) is 9.78 Å². The maximum absolute atomic E-state index is 12.1. The van der Waals surface area contributed by atoms with Gasteiger partial charge in [-0.1, -0.05) is 12.1 Å². The molecule has 0 bridgehead atoms. The third-order valence-electron chi connectivity index (χ3n) is 3.15. The minimum absolute atomic E-state index is 0.135. The lowest BCUT2D eigenvalue weighted by Crippen LogP contribution is -2.11. The topological polar surface area (TPSA) is 79.4 Å². The van der Waals surface area contributed by atoms with E-state index in [0.29, 0.717) is 18.5 Å². The summed E-state index contributed by atoms with van der Waals surface area (Å²) in [5.41, 5.74) is 4.85. The van der Waals surface area contributed by atoms with E-state index in [9.17, 15) is 13.6 Å². The van der Waals surface area contributed by atoms with Crippen LogP contribution in [0.2, 0.25) is 0 Å². The van der Waals surface area contributed by atoms with Crippen LogP contribution in [0.4, 0.5) is 14.7 Å². The average Bonchev–Trinajstić information content (AvgIpc) is 2.51. The Morgan fingerprint density at radius 2 is 2.08 bits per heavy atom. The van der Waals surface area contributed by atoms with Gasteiger partial charge >= 0.3 is 6.61 Å². The van der Waals surface area contributed by atoms with Crippen molar-refractivity contribution in [2.24, 2.45) is 5.10 Å². The second-order valence-electron chi connectivity index (χ2n) is 5.22. The van der Waals surface area contributed by atoms with Crippen molar-refractivity contribution < 1.29 is 13.5 Å². The van der Waals surface area contributed by atoms with E-state index in [1.54, 1.807) is 19.1 Å². The molecule has 0 unspecified atom stereocenters. The summed E-state index contributed by atoms with van der Waals surface area (Å²) in [5.74, 6) is 0.420. The lowest BCUT2D eigenvalue weighted by molar-refractivity contribution is -0.0498. The molecule has 128 valence electrons. The van der Waals surface area contributed by atoms with Gasteiger partial charge in [-0.2, -0.15) is 13.9 Å². The molecule has 6 nitrogen and oxygen atoms in total. The number of nitrogens with one attached hydrogen (secondary N) is 2. The fraction of sp³-hybridized carbons (Fsp3) is 0.312. The van der Waals surface area contributed by atoms with Gasteiger partial charge in [0.2, 0.25) is 5.95 Å². The number of anilines is 1. The number of hydrogen-bond acceptors (Lipinski definition) is 5. The molecule has 8 heteroatoms. The highest BCUT2D eigenvalue weighted by Crippen LogP contribution is 2.15. The summed E-state index contributed by atoms with van der Waals surface area (Å²) in [6, 6.07) is 7.88. The van der Waals surface area contributed by atoms with Crippen molar-refractivity contribution in [1.29, 1.82) is 0 Å². The normalized spacial score (nSPS) is 11.6. The van der Waals surface area contributed by atoms with Gasteiger partial charge in [-0.25, -0.2) is 10.4 Å². The number of halogens is 2. The maximum Gasteiger partial charge on any atom is 0.387 e. The van der Waals surface area contributed by atoms with E-state index in [1.807, 2.05) is 6.92 Å². The molecule has 2 rings (SSSR count). The molecule has 2 N–H and O–H groups in total. The molecule has 0 radical (unpaired) electrons. The van der Waals surface area contributed by atoms with E-state index >= 15 is 0 Å². The quantitative estimate of drug-likeness (QED) is 0.601. The molecule has 0 aliphatic heterocycles. The highest BCUT2D eigenvalue weighted by atomic mass is 19.3. The van der Waals surface area contributed by atoms with E-state index in [-0.39, 0.29) is 17.3 Å². The Kier molecular flexibility index (Phi) is 6.00. The number of nitrogens with zero attached hydrogens (tertiary/aromatic N) is 2. The lowest BCUT2D eigenvalue weighted by Gasteiger charge is -2.06. The van der Waals surface area contributed by atoms with Crippen molar-refractivity contribution in [3.05, 3.63) is 51.9 Å². The largest absolute Gasteiger partial charge is 0.435 e. The first-order chi connectivity index (χ1) is 11.4. The first-order valence-electron chi connectivity index (χ1n) is 7.33. The number of hydrogen-bond donors (Lipinski definition) is 2. The summed E-state index contributed by atoms with van der Waals surface area (Å²) in [7, 11) is 0. The maximum atomic E-state index is 12.1. The zero-order valence-corrected chi connectivity index (χ0v) is 13.3. The molecule has 24 heavy (non-hydrogen) atoms. The number of aromatic amines is 1. The predicted molar refractivity (Wildman–Crippen MR) is 87.7 cm³/mol. The fourth-order valence-corrected chi connectivity index (χ4v) is 2.00. The van der Waals surface area contributed by atoms with Crippen molar-refractivity contribution in [2.45, 2.75) is 33.3 Å². The molecule has 0 spiro atoms. The van der Waals surface area contributed by atoms with Crippen molar-refractivity contribution in [1.82, 2.24) is 9.97 Å². The van der Waals surface area contributed by atoms with E-state index in [0.717, 1.165) is 11.3 Å². The molecule has 0 saturated heterocycles. The summed E-state index contributed by atoms with van der Waals surface area (Å²) in [5, 5.41) is 4.16. The third-order valence-corrected chi connectivity index (χ3v) is 3.15. The number of rotatable bonds is 7. The molecular weight excluding hydrogens is 318 g/mol. The molecule has 0 amide bonds. The van der Waals surface area contributed by atoms with Crippen LogP contribution in [0.1, 0.15) is 24.6 Å². The molecule has 1 aromatic heterocycles. The second-order valence-corrected chi connectivity index (χ2v) is 5.22. The molecule has 0 saturated carbocycles. The zero-order chi connectivity index (χ0) is 17.5. The van der Waals surface area contributed by atoms with Crippen LogP contribution >= 0.6 is 0 Å². The van der Waals surface area contributed by atoms with Crippen LogP contribution in [0, 0.1) is 6.92 Å². The smallest absolute Gasteiger partial charge is 0.387 e. The van der Waals surface area contributed by atoms with Crippen LogP contribution in [0.3, 0.4) is 0 Å². The van der Waals surface area contributed by atoms with Gasteiger partial charge in [-0.15, -0.1) is 0 Å². The number of aromatic nitrogens is 2. The number of benzene rings is 1. The summed E-state index contributed by atoms with van der Waals surface area (Å²) >= 11 is 0. The number of aryl methyl sites for hydroxylation is 2. The molecule has 0 fully saturated rings. The molecule has 0 aliphatic rings. The zero-order valence-electron chi connectivity index (χ0n) is 13.3. The summed E-state index contributed by atoms with van der Waals surface area (Å²) in [4.78, 5) is 18.0. The van der Waals surface area contributed by atoms with Gasteiger partial charge in [0.05, 0.1) is 0 Å². The third kappa shape index (κ3) is 5.79. The summed E-state index contributed by atoms with van der Waals surface area (Å²) < 4.78 is 28.5. The van der Waals surface area contributed by atoms with Gasteiger partial charge in [0.1, 0.15) is 5.75 Å². The second kappa shape index (κ2) is 8.19. The Labute approximate surface area is 137 Å². The average molecular weight is 336 g/mol. The van der Waals surface area contributed by atoms with Gasteiger partial charge in [0, 0.05) is 17.5 Å². The number of hydrazone groups is 1. The predicted octanol–water partition coefficient (Wildman–Crippen LogP) is 3.10. The number of alkyl halides is 2. The standard InChI is InChI=1S/C16H18F2N4O2/c1-10(21-22-16-19-11(2)9-14(23)20-16)3-4-12-5-7-13(8-6-12)24-15(17)18/h5-9,15H,3-4H2,1-2H3,(H2,19,20,22,23)/b21-10-. The summed E-state index contributed by atoms with van der Waals surface area (Å²) in [6.07, 6.45) is 1.36. The Morgan fingerprint density at radius 3 is 2.71 bits per heavy atom. The van der Waals surface area contributed by atoms with Crippen LogP contribution in [0.25, 0.3) is 0 Å². The molecule has 0 aliphatic carbocycles. The van der Waals surface area contributed by atoms with Crippen LogP contribution in [-0.2, 0) is 6.42 Å². The van der Waals surface area contributed by atoms with E-state index < -0.39 is 6.61 Å². The van der Waals surface area contributed by atoms with E-state index in [2.05, 4.69) is 25.2 Å². The SMILES string of the molecule is C/C(CCc1ccc(OC(F)F)cc1)=N/Nc1nc(C)cc(=O)[nH]1. The molecular formula is C16H18F2N4O2. The first kappa shape index (κ1) is 17.6. The Hall–Kier alpha value is -2.77. The van der Waals surface area contributed by atoms with Gasteiger partial charge in [0.15, 0.2) is 0 Å². The first-order valence-corrected chi connectivity index (χ1v) is 7.33. The van der Waals surface area contributed by atoms with Crippen molar-refractivity contribution >= 4 is 11.7 Å². The molecule has 1 aromatic carbocycles. The molecule has 2 aromatic rings. The van der Waals surface area contributed by atoms with Crippen LogP contribution in [0.5, 0.6) is 5.75 Å². The highest BCUT2D eigenvalue weighted by molar-refractivity contribution is 5.82. The number of ether oxygens (including phenoxy) is 1. The summed E-state index contributed by atoms with van der Waals surface area (Å²) in [6.45, 7) is 0.742. The van der Waals surface area contributed by atoms with Crippen LogP contribution in [0.15, 0.2) is 40.2 Å². The van der Waals surface area contributed by atoms with Gasteiger partial charge in [-0.05, 0) is 44.4 Å². The van der Waals surface area contributed by atoms with E-state index in [1.165, 1.54) is 18.2 Å².